The van der Waals surface area contributed by atoms with E-state index in [1.807, 2.05) is 36.4 Å². The van der Waals surface area contributed by atoms with Crippen molar-refractivity contribution < 1.29 is 26.5 Å². The Kier molecular flexibility index (Phi) is 29.7. The molecule has 0 aliphatic heterocycles. The smallest absolute Gasteiger partial charge is 0.668 e. The summed E-state index contributed by atoms with van der Waals surface area (Å²) in [5, 5.41) is 0. The monoisotopic (exact) mass is 647 g/mol. The van der Waals surface area contributed by atoms with Crippen molar-refractivity contribution in [2.75, 3.05) is 0 Å². The normalized spacial score (nSPS) is 17.4. The topological polar surface area (TPSA) is 40.9 Å². The SMILES string of the molecule is C(C=Cc1ccccc1)=Cc1ccccc1.CC1=[C-]C(C)C(C)=C1C.[CH3-].[CH3-].[NH-]C(=O)C1CCCCCCCCCCC1.[SiH4].[Ti+4]. The summed E-state index contributed by atoms with van der Waals surface area (Å²) in [7, 11) is 0. The predicted octanol–water partition coefficient (Wildman–Crippen LogP) is 11.1. The molecule has 0 radical (unpaired) electrons. The Morgan fingerprint density at radius 2 is 1.07 bits per heavy atom. The second-order valence-corrected chi connectivity index (χ2v) is 11.2. The molecule has 240 valence electrons. The number of hydrogen-bond donors (Lipinski definition) is 0. The molecule has 1 amide bonds. The van der Waals surface area contributed by atoms with Crippen LogP contribution in [0.25, 0.3) is 17.9 Å². The molecule has 0 saturated heterocycles. The number of carbonyl (C=O) groups excluding carboxylic acids is 1. The molecule has 1 atom stereocenters. The fourth-order valence-electron chi connectivity index (χ4n) is 5.05. The largest absolute Gasteiger partial charge is 4.00 e. The number of nitrogens with one attached hydrogen (secondary N) is 1. The molecule has 1 N–H and O–H groups in total. The van der Waals surface area contributed by atoms with Crippen molar-refractivity contribution in [2.45, 2.75) is 98.3 Å². The molecule has 2 aromatic rings. The Hall–Kier alpha value is -2.20. The van der Waals surface area contributed by atoms with Gasteiger partial charge in [0.05, 0.1) is 5.91 Å². The summed E-state index contributed by atoms with van der Waals surface area (Å²) in [6.07, 6.45) is 25.1. The van der Waals surface area contributed by atoms with Crippen LogP contribution in [0.2, 0.25) is 0 Å². The Morgan fingerprint density at radius 1 is 0.705 bits per heavy atom. The minimum atomic E-state index is -0.327. The van der Waals surface area contributed by atoms with E-state index < -0.39 is 0 Å². The summed E-state index contributed by atoms with van der Waals surface area (Å²) in [6, 6.07) is 20.6. The van der Waals surface area contributed by atoms with Gasteiger partial charge in [0.25, 0.3) is 0 Å². The van der Waals surface area contributed by atoms with Crippen LogP contribution >= 0.6 is 0 Å². The summed E-state index contributed by atoms with van der Waals surface area (Å²) in [6.45, 7) is 8.67. The number of hydrogen-bond acceptors (Lipinski definition) is 1. The molecule has 2 aromatic carbocycles. The Labute approximate surface area is 291 Å². The average molecular weight is 648 g/mol. The van der Waals surface area contributed by atoms with E-state index in [0.29, 0.717) is 5.92 Å². The van der Waals surface area contributed by atoms with Gasteiger partial charge in [-0.2, -0.15) is 11.1 Å². The van der Waals surface area contributed by atoms with E-state index in [0.717, 1.165) is 25.7 Å². The molecule has 0 aromatic heterocycles. The number of allylic oxidation sites excluding steroid dienone is 6. The Morgan fingerprint density at radius 3 is 1.34 bits per heavy atom. The van der Waals surface area contributed by atoms with E-state index in [9.17, 15) is 4.79 Å². The summed E-state index contributed by atoms with van der Waals surface area (Å²) in [5.74, 6) is 0.279. The van der Waals surface area contributed by atoms with Crippen molar-refractivity contribution in [2.24, 2.45) is 11.8 Å². The first-order chi connectivity index (χ1) is 19.4. The van der Waals surface area contributed by atoms with Crippen molar-refractivity contribution in [3.05, 3.63) is 127 Å². The summed E-state index contributed by atoms with van der Waals surface area (Å²) < 4.78 is 0. The molecule has 1 unspecified atom stereocenters. The fourth-order valence-corrected chi connectivity index (χ4v) is 5.05. The molecular formula is C40H61NOSiTi. The van der Waals surface area contributed by atoms with Gasteiger partial charge in [0, 0.05) is 5.92 Å². The molecular weight excluding hydrogens is 586 g/mol. The maximum absolute atomic E-state index is 11.1. The number of carbonyl (C=O) groups is 1. The second kappa shape index (κ2) is 28.3. The molecule has 2 aliphatic rings. The third-order valence-electron chi connectivity index (χ3n) is 8.00. The maximum atomic E-state index is 11.1. The first-order valence-corrected chi connectivity index (χ1v) is 15.4. The Bertz CT molecular complexity index is 1050. The van der Waals surface area contributed by atoms with Crippen LogP contribution in [0.1, 0.15) is 109 Å². The zero-order chi connectivity index (χ0) is 29.0. The second-order valence-electron chi connectivity index (χ2n) is 11.2. The van der Waals surface area contributed by atoms with Gasteiger partial charge in [-0.1, -0.05) is 169 Å². The zero-order valence-electron chi connectivity index (χ0n) is 27.9. The zero-order valence-corrected chi connectivity index (χ0v) is 29.5. The van der Waals surface area contributed by atoms with Gasteiger partial charge in [0.15, 0.2) is 0 Å². The molecule has 4 rings (SSSR count). The maximum Gasteiger partial charge on any atom is 4.00 e. The molecule has 0 bridgehead atoms. The van der Waals surface area contributed by atoms with Gasteiger partial charge >= 0.3 is 21.7 Å². The number of amides is 1. The van der Waals surface area contributed by atoms with Gasteiger partial charge in [-0.15, -0.1) is 6.92 Å². The third kappa shape index (κ3) is 20.0. The standard InChI is InChI=1S/C16H14.C13H25NO.C9H13.2CH3.H4Si.Ti/c1-3-9-15(10-4-1)13-7-8-14-16-11-5-2-6-12-16;14-13(15)12-10-8-6-4-2-1-3-5-7-9-11-12;1-6-5-7(2)9(4)8(6)3;;;;/h1-14H;12H,1-11H2,(H2,14,15);6H,1-4H3;2*1H3;1H4;/q;;3*-1;;+4/p-1. The Balaban J connectivity index is -0.000000566. The molecule has 0 heterocycles. The van der Waals surface area contributed by atoms with E-state index in [2.05, 4.69) is 82.3 Å². The van der Waals surface area contributed by atoms with Crippen LogP contribution in [0.15, 0.2) is 89.5 Å². The molecule has 2 nitrogen and oxygen atoms in total. The van der Waals surface area contributed by atoms with Crippen molar-refractivity contribution >= 4 is 29.0 Å². The molecule has 1 fully saturated rings. The summed E-state index contributed by atoms with van der Waals surface area (Å²) >= 11 is 0. The third-order valence-corrected chi connectivity index (χ3v) is 8.00. The van der Waals surface area contributed by atoms with Crippen molar-refractivity contribution in [3.8, 4) is 0 Å². The number of benzene rings is 2. The van der Waals surface area contributed by atoms with Gasteiger partial charge in [-0.25, -0.2) is 5.57 Å². The minimum Gasteiger partial charge on any atom is -0.668 e. The minimum absolute atomic E-state index is 0. The molecule has 2 aliphatic carbocycles. The fraction of sp³-hybridized carbons (Fsp3) is 0.425. The van der Waals surface area contributed by atoms with Gasteiger partial charge in [0.1, 0.15) is 0 Å². The quantitative estimate of drug-likeness (QED) is 0.185. The molecule has 4 heteroatoms. The van der Waals surface area contributed by atoms with E-state index in [1.165, 1.54) is 72.8 Å². The predicted molar refractivity (Wildman–Crippen MR) is 199 cm³/mol. The average Bonchev–Trinajstić information content (AvgIpc) is 3.18. The van der Waals surface area contributed by atoms with Gasteiger partial charge < -0.3 is 25.4 Å². The van der Waals surface area contributed by atoms with Crippen LogP contribution in [0, 0.1) is 32.8 Å². The van der Waals surface area contributed by atoms with Gasteiger partial charge in [-0.05, 0) is 34.9 Å². The van der Waals surface area contributed by atoms with Gasteiger partial charge in [-0.3, -0.25) is 6.08 Å². The van der Waals surface area contributed by atoms with Crippen LogP contribution < -0.4 is 0 Å². The van der Waals surface area contributed by atoms with Crippen molar-refractivity contribution in [1.29, 1.82) is 0 Å². The first kappa shape index (κ1) is 46.2. The summed E-state index contributed by atoms with van der Waals surface area (Å²) in [5.41, 5.74) is 13.9. The molecule has 1 saturated carbocycles. The molecule has 44 heavy (non-hydrogen) atoms. The van der Waals surface area contributed by atoms with Crippen LogP contribution in [0.5, 0.6) is 0 Å². The van der Waals surface area contributed by atoms with E-state index in [1.54, 1.807) is 0 Å². The van der Waals surface area contributed by atoms with Crippen LogP contribution in [0.3, 0.4) is 0 Å². The van der Waals surface area contributed by atoms with E-state index in [-0.39, 0.29) is 59.4 Å². The molecule has 0 spiro atoms. The number of rotatable bonds is 4. The van der Waals surface area contributed by atoms with Crippen LogP contribution in [-0.2, 0) is 26.5 Å². The summed E-state index contributed by atoms with van der Waals surface area (Å²) in [4.78, 5) is 11.1. The van der Waals surface area contributed by atoms with Crippen molar-refractivity contribution in [1.82, 2.24) is 0 Å². The van der Waals surface area contributed by atoms with E-state index in [4.69, 9.17) is 5.73 Å². The van der Waals surface area contributed by atoms with Crippen LogP contribution in [0.4, 0.5) is 0 Å². The van der Waals surface area contributed by atoms with E-state index >= 15 is 0 Å². The van der Waals surface area contributed by atoms with Gasteiger partial charge in [0.2, 0.25) is 0 Å². The van der Waals surface area contributed by atoms with Crippen LogP contribution in [-0.4, -0.2) is 16.9 Å². The first-order valence-electron chi connectivity index (χ1n) is 15.4. The van der Waals surface area contributed by atoms with Crippen molar-refractivity contribution in [3.63, 3.8) is 0 Å².